The van der Waals surface area contributed by atoms with Crippen LogP contribution in [0, 0.1) is 11.8 Å². The monoisotopic (exact) mass is 622 g/mol. The lowest BCUT2D eigenvalue weighted by Crippen LogP contribution is -2.22. The quantitative estimate of drug-likeness (QED) is 0.0611. The zero-order chi connectivity index (χ0) is 31.9. The number of carbonyl (C=O) groups is 2. The van der Waals surface area contributed by atoms with Crippen molar-refractivity contribution in [1.29, 1.82) is 0 Å². The highest BCUT2D eigenvalue weighted by Gasteiger charge is 2.37. The van der Waals surface area contributed by atoms with Crippen molar-refractivity contribution >= 4 is 22.9 Å². The minimum Gasteiger partial charge on any atom is -0.508 e. The Morgan fingerprint density at radius 1 is 0.804 bits per heavy atom. The average Bonchev–Trinajstić information content (AvgIpc) is 3.67. The molecule has 3 aliphatic carbocycles. The van der Waals surface area contributed by atoms with Crippen LogP contribution < -0.4 is 5.43 Å². The molecule has 1 heterocycles. The molecular formula is C39H42O7. The maximum Gasteiger partial charge on any atom is 0.338 e. The van der Waals surface area contributed by atoms with Crippen LogP contribution in [0.1, 0.15) is 87.4 Å². The van der Waals surface area contributed by atoms with Gasteiger partial charge in [0.25, 0.3) is 0 Å². The molecule has 1 saturated carbocycles. The Morgan fingerprint density at radius 2 is 1.57 bits per heavy atom. The van der Waals surface area contributed by atoms with E-state index < -0.39 is 5.97 Å². The van der Waals surface area contributed by atoms with Crippen LogP contribution in [-0.2, 0) is 14.3 Å². The number of esters is 2. The highest BCUT2D eigenvalue weighted by atomic mass is 16.5. The molecule has 3 atom stereocenters. The lowest BCUT2D eigenvalue weighted by atomic mass is 9.91. The summed E-state index contributed by atoms with van der Waals surface area (Å²) in [4.78, 5) is 37.5. The first-order valence-electron chi connectivity index (χ1n) is 16.8. The first-order valence-corrected chi connectivity index (χ1v) is 16.8. The molecule has 0 saturated heterocycles. The van der Waals surface area contributed by atoms with Crippen LogP contribution in [0.25, 0.3) is 33.4 Å². The third-order valence-corrected chi connectivity index (χ3v) is 9.35. The molecule has 240 valence electrons. The predicted octanol–water partition coefficient (Wildman–Crippen LogP) is 8.84. The molecule has 6 rings (SSSR count). The van der Waals surface area contributed by atoms with E-state index >= 15 is 0 Å². The number of phenols is 1. The lowest BCUT2D eigenvalue weighted by Gasteiger charge is -2.18. The molecule has 1 unspecified atom stereocenters. The minimum atomic E-state index is -0.395. The van der Waals surface area contributed by atoms with Gasteiger partial charge in [0, 0.05) is 41.0 Å². The largest absolute Gasteiger partial charge is 0.508 e. The van der Waals surface area contributed by atoms with Crippen LogP contribution in [0.4, 0.5) is 0 Å². The second-order valence-corrected chi connectivity index (χ2v) is 12.7. The number of benzene rings is 3. The molecule has 2 aromatic carbocycles. The summed E-state index contributed by atoms with van der Waals surface area (Å²) in [6.07, 6.45) is 16.8. The smallest absolute Gasteiger partial charge is 0.338 e. The lowest BCUT2D eigenvalue weighted by molar-refractivity contribution is -0.150. The molecule has 0 amide bonds. The van der Waals surface area contributed by atoms with Crippen molar-refractivity contribution in [2.45, 2.75) is 83.2 Å². The number of hydrogen-bond donors (Lipinski definition) is 1. The van der Waals surface area contributed by atoms with E-state index in [1.165, 1.54) is 31.0 Å². The average molecular weight is 623 g/mol. The molecule has 0 aromatic heterocycles. The normalized spacial score (nSPS) is 18.4. The number of fused-ring (bicyclic) bond motifs is 4. The first-order chi connectivity index (χ1) is 22.5. The second kappa shape index (κ2) is 14.8. The fraction of sp³-hybridized carbons (Fsp3) is 0.410. The standard InChI is InChI=1S/C39H42O7/c40-28-17-19-32-35(24-28)45-36-25-29(41)18-20-33(36)38(32)30-12-9-10-13-31(30)39(43)44-21-11-7-5-3-1-2-4-6-8-14-37(42)46-34-23-26-15-16-27(34)22-26/h9-10,12-13,15-20,24-27,34,40H,1-8,11,14,21-23H2/t26-,27+,34?/m1/s1. The highest BCUT2D eigenvalue weighted by Crippen LogP contribution is 2.42. The van der Waals surface area contributed by atoms with Crippen LogP contribution in [0.15, 0.2) is 82.0 Å². The zero-order valence-electron chi connectivity index (χ0n) is 26.2. The van der Waals surface area contributed by atoms with Crippen molar-refractivity contribution < 1.29 is 28.6 Å². The van der Waals surface area contributed by atoms with Gasteiger partial charge in [0.2, 0.25) is 0 Å². The van der Waals surface area contributed by atoms with Gasteiger partial charge in [0.1, 0.15) is 23.2 Å². The summed E-state index contributed by atoms with van der Waals surface area (Å²) in [5.41, 5.74) is 2.79. The third-order valence-electron chi connectivity index (χ3n) is 9.35. The van der Waals surface area contributed by atoms with Crippen molar-refractivity contribution in [2.24, 2.45) is 11.8 Å². The van der Waals surface area contributed by atoms with E-state index in [-0.39, 0.29) is 23.3 Å². The molecule has 2 aromatic rings. The van der Waals surface area contributed by atoms with E-state index in [4.69, 9.17) is 13.9 Å². The van der Waals surface area contributed by atoms with Crippen LogP contribution >= 0.6 is 0 Å². The maximum absolute atomic E-state index is 13.3. The number of allylic oxidation sites excluding steroid dienone is 1. The molecule has 7 heteroatoms. The number of unbranched alkanes of at least 4 members (excludes halogenated alkanes) is 8. The molecule has 0 spiro atoms. The van der Waals surface area contributed by atoms with Crippen LogP contribution in [0.5, 0.6) is 5.75 Å². The van der Waals surface area contributed by atoms with E-state index in [0.29, 0.717) is 52.9 Å². The Labute approximate surface area is 269 Å². The van der Waals surface area contributed by atoms with Gasteiger partial charge in [-0.3, -0.25) is 9.59 Å². The van der Waals surface area contributed by atoms with Crippen LogP contribution in [0.2, 0.25) is 0 Å². The molecule has 1 aliphatic heterocycles. The highest BCUT2D eigenvalue weighted by molar-refractivity contribution is 6.07. The number of aromatic hydroxyl groups is 1. The van der Waals surface area contributed by atoms with Crippen LogP contribution in [-0.4, -0.2) is 29.8 Å². The van der Waals surface area contributed by atoms with Gasteiger partial charge in [0.05, 0.1) is 12.2 Å². The number of ether oxygens (including phenoxy) is 2. The van der Waals surface area contributed by atoms with Gasteiger partial charge in [-0.25, -0.2) is 4.79 Å². The molecule has 1 N–H and O–H groups in total. The number of rotatable bonds is 15. The number of phenolic OH excluding ortho intramolecular Hbond substituents is 1. The summed E-state index contributed by atoms with van der Waals surface area (Å²) >= 11 is 0. The summed E-state index contributed by atoms with van der Waals surface area (Å²) in [5.74, 6) is 1.07. The molecule has 2 bridgehead atoms. The maximum atomic E-state index is 13.3. The summed E-state index contributed by atoms with van der Waals surface area (Å²) in [6.45, 7) is 0.348. The van der Waals surface area contributed by atoms with Crippen molar-refractivity contribution in [3.05, 3.63) is 88.6 Å². The van der Waals surface area contributed by atoms with Crippen LogP contribution in [0.3, 0.4) is 0 Å². The van der Waals surface area contributed by atoms with E-state index in [1.807, 2.05) is 18.2 Å². The van der Waals surface area contributed by atoms with Crippen molar-refractivity contribution in [3.63, 3.8) is 0 Å². The topological polar surface area (TPSA) is 103 Å². The Morgan fingerprint density at radius 3 is 2.33 bits per heavy atom. The summed E-state index contributed by atoms with van der Waals surface area (Å²) in [5, 5.41) is 10.8. The van der Waals surface area contributed by atoms with E-state index in [9.17, 15) is 19.5 Å². The van der Waals surface area contributed by atoms with Crippen molar-refractivity contribution in [1.82, 2.24) is 0 Å². The summed E-state index contributed by atoms with van der Waals surface area (Å²) < 4.78 is 17.4. The van der Waals surface area contributed by atoms with Gasteiger partial charge in [0.15, 0.2) is 5.43 Å². The fourth-order valence-electron chi connectivity index (χ4n) is 6.97. The van der Waals surface area contributed by atoms with E-state index in [0.717, 1.165) is 68.7 Å². The van der Waals surface area contributed by atoms with E-state index in [2.05, 4.69) is 12.2 Å². The first kappa shape index (κ1) is 31.6. The van der Waals surface area contributed by atoms with Crippen molar-refractivity contribution in [3.8, 4) is 28.2 Å². The van der Waals surface area contributed by atoms with Gasteiger partial charge in [-0.2, -0.15) is 0 Å². The van der Waals surface area contributed by atoms with Gasteiger partial charge >= 0.3 is 11.9 Å². The Hall–Kier alpha value is -4.39. The SMILES string of the molecule is O=C(CCCCCCCCCCCOC(=O)c1ccccc1-c1c2ccc(=O)cc-2oc2cc(O)ccc12)OC1C[C@@H]2C=C[C@H]1C2. The zero-order valence-corrected chi connectivity index (χ0v) is 26.2. The number of hydrogen-bond acceptors (Lipinski definition) is 7. The molecule has 4 aliphatic rings. The van der Waals surface area contributed by atoms with Gasteiger partial charge in [-0.05, 0) is 67.5 Å². The van der Waals surface area contributed by atoms with E-state index in [1.54, 1.807) is 24.3 Å². The summed E-state index contributed by atoms with van der Waals surface area (Å²) in [7, 11) is 0. The third kappa shape index (κ3) is 7.52. The molecule has 7 nitrogen and oxygen atoms in total. The Kier molecular flexibility index (Phi) is 10.2. The predicted molar refractivity (Wildman–Crippen MR) is 178 cm³/mol. The summed E-state index contributed by atoms with van der Waals surface area (Å²) in [6, 6.07) is 16.7. The number of carbonyl (C=O) groups excluding carboxylic acids is 2. The Bertz CT molecular complexity index is 1730. The van der Waals surface area contributed by atoms with Gasteiger partial charge in [-0.15, -0.1) is 0 Å². The molecule has 46 heavy (non-hydrogen) atoms. The second-order valence-electron chi connectivity index (χ2n) is 12.7. The Balaban J connectivity index is 0.914. The molecule has 0 radical (unpaired) electrons. The minimum absolute atomic E-state index is 0.0341. The van der Waals surface area contributed by atoms with Gasteiger partial charge in [-0.1, -0.05) is 75.3 Å². The van der Waals surface area contributed by atoms with Gasteiger partial charge < -0.3 is 19.0 Å². The van der Waals surface area contributed by atoms with Crippen molar-refractivity contribution in [2.75, 3.05) is 6.61 Å². The fourth-order valence-corrected chi connectivity index (χ4v) is 6.97. The molecule has 1 fully saturated rings. The molecular weight excluding hydrogens is 580 g/mol.